The quantitative estimate of drug-likeness (QED) is 0.789. The molecule has 0 aromatic carbocycles. The van der Waals surface area contributed by atoms with Gasteiger partial charge in [0.05, 0.1) is 0 Å². The van der Waals surface area contributed by atoms with E-state index < -0.39 is 0 Å². The molecular formula is C12H20N4. The van der Waals surface area contributed by atoms with Crippen LogP contribution in [0.15, 0.2) is 6.33 Å². The van der Waals surface area contributed by atoms with Gasteiger partial charge in [-0.15, -0.1) is 0 Å². The average molecular weight is 220 g/mol. The van der Waals surface area contributed by atoms with E-state index in [4.69, 9.17) is 5.73 Å². The zero-order valence-corrected chi connectivity index (χ0v) is 9.87. The Morgan fingerprint density at radius 3 is 3.12 bits per heavy atom. The maximum absolute atomic E-state index is 5.97. The fraction of sp³-hybridized carbons (Fsp3) is 0.667. The monoisotopic (exact) mass is 220 g/mol. The number of fused-ring (bicyclic) bond motifs is 1. The van der Waals surface area contributed by atoms with E-state index >= 15 is 0 Å². The van der Waals surface area contributed by atoms with Crippen molar-refractivity contribution < 1.29 is 0 Å². The summed E-state index contributed by atoms with van der Waals surface area (Å²) in [6, 6.07) is 0.219. The number of hydrogen-bond acceptors (Lipinski definition) is 4. The van der Waals surface area contributed by atoms with Gasteiger partial charge in [0.25, 0.3) is 0 Å². The first-order chi connectivity index (χ1) is 7.81. The molecule has 1 aromatic heterocycles. The highest BCUT2D eigenvalue weighted by atomic mass is 15.0. The third kappa shape index (κ3) is 2.50. The van der Waals surface area contributed by atoms with Crippen molar-refractivity contribution in [3.63, 3.8) is 0 Å². The predicted octanol–water partition coefficient (Wildman–Crippen LogP) is 1.50. The van der Waals surface area contributed by atoms with Crippen molar-refractivity contribution in [2.24, 2.45) is 5.73 Å². The molecule has 0 amide bonds. The fourth-order valence-corrected chi connectivity index (χ4v) is 2.21. The van der Waals surface area contributed by atoms with E-state index in [9.17, 15) is 0 Å². The molecule has 0 fully saturated rings. The maximum atomic E-state index is 5.97. The number of nitrogens with one attached hydrogen (secondary N) is 1. The first-order valence-electron chi connectivity index (χ1n) is 6.13. The first kappa shape index (κ1) is 11.3. The number of rotatable bonds is 5. The summed E-state index contributed by atoms with van der Waals surface area (Å²) in [5, 5.41) is 3.35. The van der Waals surface area contributed by atoms with E-state index in [1.165, 1.54) is 17.7 Å². The van der Waals surface area contributed by atoms with Gasteiger partial charge in [-0.2, -0.15) is 0 Å². The van der Waals surface area contributed by atoms with Crippen LogP contribution in [-0.2, 0) is 12.8 Å². The SMILES string of the molecule is CCCC(N)CNc1ncnc2c1CCC2. The Hall–Kier alpha value is -1.16. The molecule has 1 aliphatic carbocycles. The van der Waals surface area contributed by atoms with Gasteiger partial charge in [0.1, 0.15) is 12.1 Å². The lowest BCUT2D eigenvalue weighted by Gasteiger charge is -2.13. The van der Waals surface area contributed by atoms with Gasteiger partial charge in [-0.05, 0) is 25.7 Å². The number of nitrogens with zero attached hydrogens (tertiary/aromatic N) is 2. The lowest BCUT2D eigenvalue weighted by molar-refractivity contribution is 0.625. The second kappa shape index (κ2) is 5.25. The average Bonchev–Trinajstić information content (AvgIpc) is 2.75. The van der Waals surface area contributed by atoms with E-state index in [1.807, 2.05) is 0 Å². The Labute approximate surface area is 96.7 Å². The van der Waals surface area contributed by atoms with E-state index in [1.54, 1.807) is 6.33 Å². The standard InChI is InChI=1S/C12H20N4/c1-2-4-9(13)7-14-12-10-5-3-6-11(10)15-8-16-12/h8-9H,2-7,13H2,1H3,(H,14,15,16). The van der Waals surface area contributed by atoms with Crippen molar-refractivity contribution in [2.75, 3.05) is 11.9 Å². The molecule has 0 saturated heterocycles. The van der Waals surface area contributed by atoms with Crippen molar-refractivity contribution in [1.82, 2.24) is 9.97 Å². The fourth-order valence-electron chi connectivity index (χ4n) is 2.21. The van der Waals surface area contributed by atoms with Crippen LogP contribution in [0.5, 0.6) is 0 Å². The lowest BCUT2D eigenvalue weighted by atomic mass is 10.2. The Bertz CT molecular complexity index is 351. The third-order valence-corrected chi connectivity index (χ3v) is 3.07. The molecule has 2 rings (SSSR count). The minimum absolute atomic E-state index is 0.219. The smallest absolute Gasteiger partial charge is 0.132 e. The van der Waals surface area contributed by atoms with Crippen LogP contribution in [0, 0.1) is 0 Å². The van der Waals surface area contributed by atoms with Crippen molar-refractivity contribution in [2.45, 2.75) is 45.1 Å². The Morgan fingerprint density at radius 1 is 1.44 bits per heavy atom. The molecule has 88 valence electrons. The van der Waals surface area contributed by atoms with Crippen LogP contribution >= 0.6 is 0 Å². The second-order valence-corrected chi connectivity index (χ2v) is 4.43. The Balaban J connectivity index is 1.97. The lowest BCUT2D eigenvalue weighted by Crippen LogP contribution is -2.29. The van der Waals surface area contributed by atoms with Gasteiger partial charge in [-0.3, -0.25) is 0 Å². The summed E-state index contributed by atoms with van der Waals surface area (Å²) >= 11 is 0. The molecule has 3 N–H and O–H groups in total. The summed E-state index contributed by atoms with van der Waals surface area (Å²) < 4.78 is 0. The highest BCUT2D eigenvalue weighted by Crippen LogP contribution is 2.24. The Kier molecular flexibility index (Phi) is 3.72. The van der Waals surface area contributed by atoms with E-state index in [2.05, 4.69) is 22.2 Å². The van der Waals surface area contributed by atoms with Crippen molar-refractivity contribution in [1.29, 1.82) is 0 Å². The van der Waals surface area contributed by atoms with Crippen molar-refractivity contribution in [3.05, 3.63) is 17.6 Å². The predicted molar refractivity (Wildman–Crippen MR) is 65.4 cm³/mol. The van der Waals surface area contributed by atoms with E-state index in [0.717, 1.165) is 38.0 Å². The van der Waals surface area contributed by atoms with Crippen molar-refractivity contribution in [3.8, 4) is 0 Å². The van der Waals surface area contributed by atoms with Crippen LogP contribution in [-0.4, -0.2) is 22.6 Å². The summed E-state index contributed by atoms with van der Waals surface area (Å²) in [6.07, 6.45) is 7.22. The number of aryl methyl sites for hydroxylation is 1. The topological polar surface area (TPSA) is 63.8 Å². The van der Waals surface area contributed by atoms with Crippen LogP contribution in [0.3, 0.4) is 0 Å². The molecule has 1 heterocycles. The van der Waals surface area contributed by atoms with E-state index in [0.29, 0.717) is 0 Å². The minimum Gasteiger partial charge on any atom is -0.368 e. The van der Waals surface area contributed by atoms with Crippen LogP contribution in [0.1, 0.15) is 37.4 Å². The highest BCUT2D eigenvalue weighted by molar-refractivity contribution is 5.47. The molecule has 1 atom stereocenters. The molecule has 4 nitrogen and oxygen atoms in total. The molecule has 1 unspecified atom stereocenters. The maximum Gasteiger partial charge on any atom is 0.132 e. The van der Waals surface area contributed by atoms with E-state index in [-0.39, 0.29) is 6.04 Å². The molecule has 0 bridgehead atoms. The molecule has 0 radical (unpaired) electrons. The largest absolute Gasteiger partial charge is 0.368 e. The van der Waals surface area contributed by atoms with Gasteiger partial charge in [0, 0.05) is 23.8 Å². The van der Waals surface area contributed by atoms with Gasteiger partial charge in [0.2, 0.25) is 0 Å². The summed E-state index contributed by atoms with van der Waals surface area (Å²) in [7, 11) is 0. The van der Waals surface area contributed by atoms with Gasteiger partial charge in [-0.25, -0.2) is 9.97 Å². The van der Waals surface area contributed by atoms with Crippen molar-refractivity contribution >= 4 is 5.82 Å². The molecule has 0 aliphatic heterocycles. The second-order valence-electron chi connectivity index (χ2n) is 4.43. The van der Waals surface area contributed by atoms with Crippen LogP contribution in [0.4, 0.5) is 5.82 Å². The summed E-state index contributed by atoms with van der Waals surface area (Å²) in [5.41, 5.74) is 8.48. The molecule has 0 spiro atoms. The zero-order chi connectivity index (χ0) is 11.4. The van der Waals surface area contributed by atoms with Crippen LogP contribution in [0.25, 0.3) is 0 Å². The van der Waals surface area contributed by atoms with Crippen LogP contribution < -0.4 is 11.1 Å². The summed E-state index contributed by atoms with van der Waals surface area (Å²) in [6.45, 7) is 2.96. The number of anilines is 1. The third-order valence-electron chi connectivity index (χ3n) is 3.07. The zero-order valence-electron chi connectivity index (χ0n) is 9.87. The summed E-state index contributed by atoms with van der Waals surface area (Å²) in [5.74, 6) is 0.994. The number of nitrogens with two attached hydrogens (primary N) is 1. The number of hydrogen-bond donors (Lipinski definition) is 2. The molecule has 1 aromatic rings. The normalized spacial score (nSPS) is 15.9. The van der Waals surface area contributed by atoms with Gasteiger partial charge in [0.15, 0.2) is 0 Å². The van der Waals surface area contributed by atoms with Gasteiger partial charge >= 0.3 is 0 Å². The summed E-state index contributed by atoms with van der Waals surface area (Å²) in [4.78, 5) is 8.61. The van der Waals surface area contributed by atoms with Gasteiger partial charge in [-0.1, -0.05) is 13.3 Å². The highest BCUT2D eigenvalue weighted by Gasteiger charge is 2.16. The Morgan fingerprint density at radius 2 is 2.31 bits per heavy atom. The minimum atomic E-state index is 0.219. The molecule has 1 aliphatic rings. The molecule has 16 heavy (non-hydrogen) atoms. The van der Waals surface area contributed by atoms with Gasteiger partial charge < -0.3 is 11.1 Å². The van der Waals surface area contributed by atoms with Crippen LogP contribution in [0.2, 0.25) is 0 Å². The molecule has 0 saturated carbocycles. The first-order valence-corrected chi connectivity index (χ1v) is 6.13. The molecule has 4 heteroatoms. The molecular weight excluding hydrogens is 200 g/mol. The number of aromatic nitrogens is 2.